The summed E-state index contributed by atoms with van der Waals surface area (Å²) >= 11 is 0. The highest BCUT2D eigenvalue weighted by molar-refractivity contribution is 6.06. The molecule has 8 nitrogen and oxygen atoms in total. The van der Waals surface area contributed by atoms with Crippen molar-refractivity contribution in [2.45, 2.75) is 32.3 Å². The van der Waals surface area contributed by atoms with Crippen LogP contribution in [0.2, 0.25) is 0 Å². The van der Waals surface area contributed by atoms with Crippen molar-refractivity contribution in [3.63, 3.8) is 0 Å². The molecule has 0 bridgehead atoms. The number of hydrogen-bond donors (Lipinski definition) is 2. The highest BCUT2D eigenvalue weighted by Gasteiger charge is 2.41. The predicted octanol–water partition coefficient (Wildman–Crippen LogP) is 1.32. The van der Waals surface area contributed by atoms with Crippen LogP contribution in [0.1, 0.15) is 37.0 Å². The van der Waals surface area contributed by atoms with E-state index < -0.39 is 35.8 Å². The number of fused-ring (bicyclic) bond motifs is 1. The zero-order chi connectivity index (χ0) is 18.1. The SMILES string of the molecule is CC1(C)Oc2ccc(C(=O)CCC(=O)O)cc2N(CC(=O)O)C1=O. The minimum Gasteiger partial charge on any atom is -0.481 e. The van der Waals surface area contributed by atoms with Gasteiger partial charge >= 0.3 is 11.9 Å². The Morgan fingerprint density at radius 3 is 2.38 bits per heavy atom. The van der Waals surface area contributed by atoms with Crippen LogP contribution >= 0.6 is 0 Å². The van der Waals surface area contributed by atoms with Gasteiger partial charge < -0.3 is 14.9 Å². The lowest BCUT2D eigenvalue weighted by molar-refractivity contribution is -0.139. The lowest BCUT2D eigenvalue weighted by atomic mass is 10.0. The number of aliphatic carboxylic acids is 2. The number of carbonyl (C=O) groups is 4. The number of carbonyl (C=O) groups excluding carboxylic acids is 2. The number of ether oxygens (including phenoxy) is 1. The molecule has 2 rings (SSSR count). The smallest absolute Gasteiger partial charge is 0.323 e. The van der Waals surface area contributed by atoms with Crippen molar-refractivity contribution in [2.24, 2.45) is 0 Å². The first-order valence-corrected chi connectivity index (χ1v) is 7.23. The number of benzene rings is 1. The minimum absolute atomic E-state index is 0.183. The van der Waals surface area contributed by atoms with Gasteiger partial charge in [0.2, 0.25) is 0 Å². The van der Waals surface area contributed by atoms with Crippen molar-refractivity contribution in [2.75, 3.05) is 11.4 Å². The maximum atomic E-state index is 12.4. The van der Waals surface area contributed by atoms with E-state index in [4.69, 9.17) is 14.9 Å². The molecule has 1 aliphatic heterocycles. The van der Waals surface area contributed by atoms with Gasteiger partial charge in [-0.1, -0.05) is 0 Å². The highest BCUT2D eigenvalue weighted by Crippen LogP contribution is 2.38. The van der Waals surface area contributed by atoms with Gasteiger partial charge in [0.1, 0.15) is 12.3 Å². The first kappa shape index (κ1) is 17.5. The third-order valence-electron chi connectivity index (χ3n) is 3.56. The summed E-state index contributed by atoms with van der Waals surface area (Å²) in [6.07, 6.45) is -0.495. The summed E-state index contributed by atoms with van der Waals surface area (Å²) in [7, 11) is 0. The summed E-state index contributed by atoms with van der Waals surface area (Å²) in [4.78, 5) is 47.1. The van der Waals surface area contributed by atoms with Crippen LogP contribution in [0.15, 0.2) is 18.2 Å². The molecule has 2 N–H and O–H groups in total. The first-order valence-electron chi connectivity index (χ1n) is 7.23. The number of carboxylic acids is 2. The van der Waals surface area contributed by atoms with E-state index >= 15 is 0 Å². The molecule has 1 aromatic rings. The summed E-state index contributed by atoms with van der Waals surface area (Å²) in [5.74, 6) is -2.94. The van der Waals surface area contributed by atoms with E-state index in [9.17, 15) is 19.2 Å². The lowest BCUT2D eigenvalue weighted by Crippen LogP contribution is -2.53. The Morgan fingerprint density at radius 2 is 1.79 bits per heavy atom. The molecule has 0 unspecified atom stereocenters. The van der Waals surface area contributed by atoms with Gasteiger partial charge in [-0.15, -0.1) is 0 Å². The molecule has 1 amide bonds. The molecule has 0 spiro atoms. The molecule has 1 heterocycles. The highest BCUT2D eigenvalue weighted by atomic mass is 16.5. The number of hydrogen-bond acceptors (Lipinski definition) is 5. The van der Waals surface area contributed by atoms with Crippen LogP contribution in [0.25, 0.3) is 0 Å². The Kier molecular flexibility index (Phi) is 4.59. The summed E-state index contributed by atoms with van der Waals surface area (Å²) in [6.45, 7) is 2.49. The van der Waals surface area contributed by atoms with E-state index in [2.05, 4.69) is 0 Å². The largest absolute Gasteiger partial charge is 0.481 e. The van der Waals surface area contributed by atoms with Crippen LogP contribution < -0.4 is 9.64 Å². The molecular formula is C16H17NO7. The van der Waals surface area contributed by atoms with E-state index in [1.807, 2.05) is 0 Å². The Bertz CT molecular complexity index is 723. The second-order valence-corrected chi connectivity index (χ2v) is 5.90. The number of amides is 1. The topological polar surface area (TPSA) is 121 Å². The number of nitrogens with zero attached hydrogens (tertiary/aromatic N) is 1. The fourth-order valence-corrected chi connectivity index (χ4v) is 2.40. The van der Waals surface area contributed by atoms with Crippen molar-refractivity contribution in [3.8, 4) is 5.75 Å². The quantitative estimate of drug-likeness (QED) is 0.752. The summed E-state index contributed by atoms with van der Waals surface area (Å²) in [5.41, 5.74) is -0.846. The predicted molar refractivity (Wildman–Crippen MR) is 82.3 cm³/mol. The standard InChI is InChI=1S/C16H17NO7/c1-16(2)15(23)17(8-14(21)22)10-7-9(3-5-12(10)24-16)11(18)4-6-13(19)20/h3,5,7H,4,6,8H2,1-2H3,(H,19,20)(H,21,22). The summed E-state index contributed by atoms with van der Waals surface area (Å²) < 4.78 is 5.59. The number of Topliss-reactive ketones (excluding diaryl/α,β-unsaturated/α-hetero) is 1. The van der Waals surface area contributed by atoms with Crippen LogP contribution in [-0.2, 0) is 14.4 Å². The zero-order valence-corrected chi connectivity index (χ0v) is 13.2. The van der Waals surface area contributed by atoms with Crippen molar-refractivity contribution < 1.29 is 34.1 Å². The van der Waals surface area contributed by atoms with Crippen LogP contribution in [0.4, 0.5) is 5.69 Å². The molecule has 0 aliphatic carbocycles. The Morgan fingerprint density at radius 1 is 1.12 bits per heavy atom. The molecule has 1 aromatic carbocycles. The van der Waals surface area contributed by atoms with Gasteiger partial charge in [-0.05, 0) is 32.0 Å². The number of ketones is 1. The van der Waals surface area contributed by atoms with E-state index in [0.29, 0.717) is 0 Å². The van der Waals surface area contributed by atoms with Gasteiger partial charge in [0.25, 0.3) is 5.91 Å². The summed E-state index contributed by atoms with van der Waals surface area (Å²) in [6, 6.07) is 4.30. The van der Waals surface area contributed by atoms with Crippen LogP contribution in [0.5, 0.6) is 5.75 Å². The molecule has 8 heteroatoms. The van der Waals surface area contributed by atoms with Crippen molar-refractivity contribution in [1.82, 2.24) is 0 Å². The fraction of sp³-hybridized carbons (Fsp3) is 0.375. The molecule has 0 radical (unpaired) electrons. The molecule has 0 saturated carbocycles. The van der Waals surface area contributed by atoms with Crippen LogP contribution in [0, 0.1) is 0 Å². The molecule has 0 atom stereocenters. The zero-order valence-electron chi connectivity index (χ0n) is 13.2. The second-order valence-electron chi connectivity index (χ2n) is 5.90. The molecular weight excluding hydrogens is 318 g/mol. The van der Waals surface area contributed by atoms with E-state index in [0.717, 1.165) is 4.90 Å². The Balaban J connectivity index is 2.39. The van der Waals surface area contributed by atoms with Crippen molar-refractivity contribution in [3.05, 3.63) is 23.8 Å². The molecule has 1 aliphatic rings. The molecule has 0 aromatic heterocycles. The van der Waals surface area contributed by atoms with Crippen LogP contribution in [-0.4, -0.2) is 46.0 Å². The van der Waals surface area contributed by atoms with Crippen molar-refractivity contribution >= 4 is 29.3 Å². The van der Waals surface area contributed by atoms with E-state index in [1.54, 1.807) is 0 Å². The second kappa shape index (κ2) is 6.31. The van der Waals surface area contributed by atoms with E-state index in [1.165, 1.54) is 32.0 Å². The molecule has 0 fully saturated rings. The van der Waals surface area contributed by atoms with Gasteiger partial charge in [0, 0.05) is 12.0 Å². The van der Waals surface area contributed by atoms with Gasteiger partial charge in [-0.3, -0.25) is 24.1 Å². The monoisotopic (exact) mass is 335 g/mol. The van der Waals surface area contributed by atoms with Gasteiger partial charge in [0.05, 0.1) is 12.1 Å². The average molecular weight is 335 g/mol. The third kappa shape index (κ3) is 3.53. The maximum Gasteiger partial charge on any atom is 0.323 e. The van der Waals surface area contributed by atoms with Gasteiger partial charge in [0.15, 0.2) is 11.4 Å². The maximum absolute atomic E-state index is 12.4. The third-order valence-corrected chi connectivity index (χ3v) is 3.56. The number of rotatable bonds is 6. The molecule has 0 saturated heterocycles. The van der Waals surface area contributed by atoms with Crippen molar-refractivity contribution in [1.29, 1.82) is 0 Å². The molecule has 128 valence electrons. The number of anilines is 1. The minimum atomic E-state index is -1.22. The lowest BCUT2D eigenvalue weighted by Gasteiger charge is -2.38. The first-order chi connectivity index (χ1) is 11.1. The normalized spacial score (nSPS) is 15.4. The summed E-state index contributed by atoms with van der Waals surface area (Å²) in [5, 5.41) is 17.7. The average Bonchev–Trinajstić information content (AvgIpc) is 2.48. The molecule has 24 heavy (non-hydrogen) atoms. The number of carboxylic acid groups (broad SMARTS) is 2. The Hall–Kier alpha value is -2.90. The fourth-order valence-electron chi connectivity index (χ4n) is 2.40. The Labute approximate surface area is 137 Å². The van der Waals surface area contributed by atoms with Gasteiger partial charge in [-0.25, -0.2) is 0 Å². The van der Waals surface area contributed by atoms with Gasteiger partial charge in [-0.2, -0.15) is 0 Å². The van der Waals surface area contributed by atoms with Crippen LogP contribution in [0.3, 0.4) is 0 Å². The van der Waals surface area contributed by atoms with E-state index in [-0.39, 0.29) is 29.8 Å².